The lowest BCUT2D eigenvalue weighted by molar-refractivity contribution is -0.138. The van der Waals surface area contributed by atoms with Crippen molar-refractivity contribution in [2.24, 2.45) is 5.92 Å². The number of carbonyl (C=O) groups excluding carboxylic acids is 1. The summed E-state index contributed by atoms with van der Waals surface area (Å²) < 4.78 is 27.3. The lowest BCUT2D eigenvalue weighted by Crippen LogP contribution is -2.29. The zero-order valence-corrected chi connectivity index (χ0v) is 16.3. The molecule has 0 unspecified atom stereocenters. The van der Waals surface area contributed by atoms with Crippen molar-refractivity contribution >= 4 is 33.3 Å². The molecule has 0 bridgehead atoms. The molecule has 2 N–H and O–H groups in total. The van der Waals surface area contributed by atoms with Crippen molar-refractivity contribution in [3.8, 4) is 0 Å². The van der Waals surface area contributed by atoms with Crippen molar-refractivity contribution in [1.29, 1.82) is 0 Å². The third kappa shape index (κ3) is 4.33. The SMILES string of the molecule is C[C@@H](CC(=O)O)CC(=O)Nc1ccc(S(=O)(=O)N2CCc3ccccc32)cc1. The summed E-state index contributed by atoms with van der Waals surface area (Å²) in [6.07, 6.45) is 0.677. The van der Waals surface area contributed by atoms with E-state index in [9.17, 15) is 18.0 Å². The average molecular weight is 402 g/mol. The van der Waals surface area contributed by atoms with Crippen LogP contribution in [0.1, 0.15) is 25.3 Å². The molecule has 1 heterocycles. The van der Waals surface area contributed by atoms with Crippen LogP contribution in [0.25, 0.3) is 0 Å². The Labute approximate surface area is 164 Å². The van der Waals surface area contributed by atoms with Gasteiger partial charge in [-0.1, -0.05) is 25.1 Å². The fraction of sp³-hybridized carbons (Fsp3) is 0.300. The molecule has 0 spiro atoms. The summed E-state index contributed by atoms with van der Waals surface area (Å²) in [5.41, 5.74) is 2.17. The lowest BCUT2D eigenvalue weighted by Gasteiger charge is -2.19. The van der Waals surface area contributed by atoms with Crippen LogP contribution >= 0.6 is 0 Å². The summed E-state index contributed by atoms with van der Waals surface area (Å²) in [6.45, 7) is 2.10. The van der Waals surface area contributed by atoms with E-state index in [2.05, 4.69) is 5.32 Å². The Balaban J connectivity index is 1.69. The smallest absolute Gasteiger partial charge is 0.303 e. The predicted molar refractivity (Wildman–Crippen MR) is 106 cm³/mol. The Kier molecular flexibility index (Phi) is 5.69. The molecule has 8 heteroatoms. The number of para-hydroxylation sites is 1. The molecule has 0 aliphatic carbocycles. The summed E-state index contributed by atoms with van der Waals surface area (Å²) in [5.74, 6) is -1.54. The van der Waals surface area contributed by atoms with Gasteiger partial charge in [0.1, 0.15) is 0 Å². The topological polar surface area (TPSA) is 104 Å². The minimum absolute atomic E-state index is 0.0803. The minimum Gasteiger partial charge on any atom is -0.481 e. The number of rotatable bonds is 7. The lowest BCUT2D eigenvalue weighted by atomic mass is 10.0. The van der Waals surface area contributed by atoms with Crippen molar-refractivity contribution in [3.05, 3.63) is 54.1 Å². The molecule has 28 heavy (non-hydrogen) atoms. The average Bonchev–Trinajstić information content (AvgIpc) is 3.06. The number of benzene rings is 2. The molecule has 3 rings (SSSR count). The summed E-state index contributed by atoms with van der Waals surface area (Å²) >= 11 is 0. The van der Waals surface area contributed by atoms with Gasteiger partial charge in [-0.15, -0.1) is 0 Å². The van der Waals surface area contributed by atoms with E-state index < -0.39 is 16.0 Å². The predicted octanol–water partition coefficient (Wildman–Crippen LogP) is 2.88. The van der Waals surface area contributed by atoms with E-state index in [0.29, 0.717) is 24.3 Å². The minimum atomic E-state index is -3.67. The van der Waals surface area contributed by atoms with E-state index in [1.807, 2.05) is 18.2 Å². The van der Waals surface area contributed by atoms with E-state index in [1.54, 1.807) is 13.0 Å². The van der Waals surface area contributed by atoms with Crippen LogP contribution in [0.2, 0.25) is 0 Å². The molecule has 0 radical (unpaired) electrons. The molecule has 2 aromatic carbocycles. The van der Waals surface area contributed by atoms with Crippen molar-refractivity contribution in [2.45, 2.75) is 31.1 Å². The monoisotopic (exact) mass is 402 g/mol. The fourth-order valence-corrected chi connectivity index (χ4v) is 4.80. The van der Waals surface area contributed by atoms with Crippen LogP contribution in [0.15, 0.2) is 53.4 Å². The van der Waals surface area contributed by atoms with E-state index in [0.717, 1.165) is 5.56 Å². The Morgan fingerprint density at radius 1 is 1.11 bits per heavy atom. The number of carboxylic acid groups (broad SMARTS) is 1. The van der Waals surface area contributed by atoms with Gasteiger partial charge in [-0.3, -0.25) is 13.9 Å². The van der Waals surface area contributed by atoms with Crippen LogP contribution in [0, 0.1) is 5.92 Å². The number of nitrogens with one attached hydrogen (secondary N) is 1. The Hall–Kier alpha value is -2.87. The highest BCUT2D eigenvalue weighted by Gasteiger charge is 2.30. The standard InChI is InChI=1S/C20H22N2O5S/c1-14(13-20(24)25)12-19(23)21-16-6-8-17(9-7-16)28(26,27)22-11-10-15-4-2-3-5-18(15)22/h2-9,14H,10-13H2,1H3,(H,21,23)(H,24,25)/t14-/m1/s1. The van der Waals surface area contributed by atoms with Gasteiger partial charge in [-0.2, -0.15) is 0 Å². The van der Waals surface area contributed by atoms with Gasteiger partial charge in [0.2, 0.25) is 5.91 Å². The van der Waals surface area contributed by atoms with Crippen LogP contribution in [0.4, 0.5) is 11.4 Å². The maximum Gasteiger partial charge on any atom is 0.303 e. The molecule has 0 fully saturated rings. The van der Waals surface area contributed by atoms with Gasteiger partial charge in [0.05, 0.1) is 10.6 Å². The second-order valence-corrected chi connectivity index (χ2v) is 8.80. The summed E-state index contributed by atoms with van der Waals surface area (Å²) in [6, 6.07) is 13.4. The highest BCUT2D eigenvalue weighted by atomic mass is 32.2. The number of fused-ring (bicyclic) bond motifs is 1. The van der Waals surface area contributed by atoms with E-state index in [-0.39, 0.29) is 29.6 Å². The Bertz CT molecular complexity index is 986. The first kappa shape index (κ1) is 19.9. The molecule has 1 amide bonds. The highest BCUT2D eigenvalue weighted by molar-refractivity contribution is 7.92. The van der Waals surface area contributed by atoms with Crippen LogP contribution in [-0.4, -0.2) is 31.9 Å². The number of hydrogen-bond donors (Lipinski definition) is 2. The molecule has 0 saturated carbocycles. The van der Waals surface area contributed by atoms with Crippen molar-refractivity contribution in [3.63, 3.8) is 0 Å². The number of sulfonamides is 1. The molecular weight excluding hydrogens is 380 g/mol. The second-order valence-electron chi connectivity index (χ2n) is 6.94. The molecule has 1 atom stereocenters. The zero-order chi connectivity index (χ0) is 20.3. The third-order valence-electron chi connectivity index (χ3n) is 4.63. The summed E-state index contributed by atoms with van der Waals surface area (Å²) in [7, 11) is -3.67. The first-order valence-corrected chi connectivity index (χ1v) is 10.4. The molecule has 0 saturated heterocycles. The number of hydrogen-bond acceptors (Lipinski definition) is 4. The van der Waals surface area contributed by atoms with E-state index >= 15 is 0 Å². The molecule has 1 aliphatic heterocycles. The van der Waals surface area contributed by atoms with Gasteiger partial charge in [-0.25, -0.2) is 8.42 Å². The van der Waals surface area contributed by atoms with E-state index in [1.165, 1.54) is 28.6 Å². The highest BCUT2D eigenvalue weighted by Crippen LogP contribution is 2.32. The third-order valence-corrected chi connectivity index (χ3v) is 6.45. The van der Waals surface area contributed by atoms with Crippen LogP contribution in [0.5, 0.6) is 0 Å². The maximum atomic E-state index is 13.0. The van der Waals surface area contributed by atoms with Gasteiger partial charge in [-0.05, 0) is 48.2 Å². The quantitative estimate of drug-likeness (QED) is 0.741. The molecule has 1 aliphatic rings. The number of carboxylic acids is 1. The van der Waals surface area contributed by atoms with Crippen LogP contribution in [0.3, 0.4) is 0 Å². The summed E-state index contributed by atoms with van der Waals surface area (Å²) in [5, 5.41) is 11.4. The zero-order valence-electron chi connectivity index (χ0n) is 15.5. The molecule has 2 aromatic rings. The molecule has 0 aromatic heterocycles. The first-order valence-electron chi connectivity index (χ1n) is 8.99. The van der Waals surface area contributed by atoms with Gasteiger partial charge < -0.3 is 10.4 Å². The Morgan fingerprint density at radius 2 is 1.79 bits per heavy atom. The van der Waals surface area contributed by atoms with Gasteiger partial charge in [0.25, 0.3) is 10.0 Å². The van der Waals surface area contributed by atoms with Crippen LogP contribution in [-0.2, 0) is 26.0 Å². The van der Waals surface area contributed by atoms with Crippen LogP contribution < -0.4 is 9.62 Å². The molecular formula is C20H22N2O5S. The van der Waals surface area contributed by atoms with E-state index in [4.69, 9.17) is 5.11 Å². The van der Waals surface area contributed by atoms with Gasteiger partial charge >= 0.3 is 5.97 Å². The largest absolute Gasteiger partial charge is 0.481 e. The van der Waals surface area contributed by atoms with Gasteiger partial charge in [0.15, 0.2) is 0 Å². The number of nitrogens with zero attached hydrogens (tertiary/aromatic N) is 1. The number of carbonyl (C=O) groups is 2. The number of amides is 1. The number of anilines is 2. The first-order chi connectivity index (χ1) is 13.3. The molecule has 148 valence electrons. The van der Waals surface area contributed by atoms with Crippen molar-refractivity contribution in [2.75, 3.05) is 16.2 Å². The maximum absolute atomic E-state index is 13.0. The van der Waals surface area contributed by atoms with Crippen molar-refractivity contribution < 1.29 is 23.1 Å². The molecule has 7 nitrogen and oxygen atoms in total. The number of aliphatic carboxylic acids is 1. The normalized spacial score (nSPS) is 14.4. The van der Waals surface area contributed by atoms with Gasteiger partial charge in [0, 0.05) is 25.1 Å². The summed E-state index contributed by atoms with van der Waals surface area (Å²) in [4.78, 5) is 22.8. The van der Waals surface area contributed by atoms with Crippen molar-refractivity contribution in [1.82, 2.24) is 0 Å². The Morgan fingerprint density at radius 3 is 2.46 bits per heavy atom. The fourth-order valence-electron chi connectivity index (χ4n) is 3.29. The second kappa shape index (κ2) is 8.02.